The first-order chi connectivity index (χ1) is 10.3. The van der Waals surface area contributed by atoms with Crippen LogP contribution in [0.1, 0.15) is 43.4 Å². The molecule has 1 aromatic rings. The van der Waals surface area contributed by atoms with Crippen molar-refractivity contribution >= 4 is 5.82 Å². The summed E-state index contributed by atoms with van der Waals surface area (Å²) in [5.41, 5.74) is 2.70. The Balaban J connectivity index is 1.77. The van der Waals surface area contributed by atoms with Crippen LogP contribution < -0.4 is 4.90 Å². The molecule has 116 valence electrons. The molecule has 0 aromatic carbocycles. The van der Waals surface area contributed by atoms with Crippen LogP contribution in [0.3, 0.4) is 0 Å². The molecule has 0 amide bonds. The van der Waals surface area contributed by atoms with Gasteiger partial charge in [-0.2, -0.15) is 0 Å². The van der Waals surface area contributed by atoms with Gasteiger partial charge in [-0.3, -0.25) is 4.90 Å². The number of rotatable bonds is 4. The molecule has 0 saturated carbocycles. The van der Waals surface area contributed by atoms with E-state index in [4.69, 9.17) is 9.72 Å². The second-order valence-electron chi connectivity index (χ2n) is 6.20. The molecule has 21 heavy (non-hydrogen) atoms. The Hall–Kier alpha value is -1.13. The van der Waals surface area contributed by atoms with Crippen molar-refractivity contribution in [2.45, 2.75) is 39.2 Å². The Morgan fingerprint density at radius 3 is 2.81 bits per heavy atom. The minimum absolute atomic E-state index is 0.579. The Morgan fingerprint density at radius 1 is 1.29 bits per heavy atom. The number of ether oxygens (including phenoxy) is 1. The highest BCUT2D eigenvalue weighted by Crippen LogP contribution is 2.33. The lowest BCUT2D eigenvalue weighted by molar-refractivity contribution is 0.122. The fourth-order valence-electron chi connectivity index (χ4n) is 3.64. The summed E-state index contributed by atoms with van der Waals surface area (Å²) in [6, 6.07) is 2.94. The maximum absolute atomic E-state index is 5.43. The van der Waals surface area contributed by atoms with Crippen molar-refractivity contribution in [3.8, 4) is 0 Å². The van der Waals surface area contributed by atoms with Crippen molar-refractivity contribution in [1.29, 1.82) is 0 Å². The van der Waals surface area contributed by atoms with Gasteiger partial charge in [0.1, 0.15) is 5.82 Å². The standard InChI is InChI=1S/C17H27N3O/c1-3-6-19-7-4-5-16(19)15-12-14(2)17(18-13-15)20-8-10-21-11-9-20/h12-13,16H,3-11H2,1-2H3. The zero-order chi connectivity index (χ0) is 14.7. The van der Waals surface area contributed by atoms with E-state index >= 15 is 0 Å². The first-order valence-corrected chi connectivity index (χ1v) is 8.33. The van der Waals surface area contributed by atoms with E-state index in [2.05, 4.69) is 35.9 Å². The molecule has 0 radical (unpaired) electrons. The molecule has 2 aliphatic rings. The van der Waals surface area contributed by atoms with Crippen LogP contribution >= 0.6 is 0 Å². The summed E-state index contributed by atoms with van der Waals surface area (Å²) in [6.07, 6.45) is 5.93. The van der Waals surface area contributed by atoms with Crippen molar-refractivity contribution in [1.82, 2.24) is 9.88 Å². The van der Waals surface area contributed by atoms with E-state index in [1.54, 1.807) is 0 Å². The lowest BCUT2D eigenvalue weighted by atomic mass is 10.0. The van der Waals surface area contributed by atoms with Gasteiger partial charge < -0.3 is 9.64 Å². The predicted octanol–water partition coefficient (Wildman–Crippen LogP) is 2.77. The number of morpholine rings is 1. The van der Waals surface area contributed by atoms with Crippen molar-refractivity contribution in [2.75, 3.05) is 44.3 Å². The zero-order valence-corrected chi connectivity index (χ0v) is 13.3. The lowest BCUT2D eigenvalue weighted by Gasteiger charge is -2.30. The average molecular weight is 289 g/mol. The molecule has 0 spiro atoms. The molecule has 2 aliphatic heterocycles. The van der Waals surface area contributed by atoms with Gasteiger partial charge in [-0.1, -0.05) is 6.92 Å². The van der Waals surface area contributed by atoms with E-state index in [9.17, 15) is 0 Å². The lowest BCUT2D eigenvalue weighted by Crippen LogP contribution is -2.37. The molecule has 3 heterocycles. The van der Waals surface area contributed by atoms with Crippen LogP contribution in [0.2, 0.25) is 0 Å². The maximum Gasteiger partial charge on any atom is 0.131 e. The number of likely N-dealkylation sites (tertiary alicyclic amines) is 1. The van der Waals surface area contributed by atoms with Gasteiger partial charge in [-0.25, -0.2) is 4.98 Å². The summed E-state index contributed by atoms with van der Waals surface area (Å²) in [6.45, 7) is 10.4. The Morgan fingerprint density at radius 2 is 2.10 bits per heavy atom. The van der Waals surface area contributed by atoms with E-state index in [0.29, 0.717) is 6.04 Å². The summed E-state index contributed by atoms with van der Waals surface area (Å²) in [5, 5.41) is 0. The van der Waals surface area contributed by atoms with Crippen molar-refractivity contribution < 1.29 is 4.74 Å². The molecule has 0 N–H and O–H groups in total. The van der Waals surface area contributed by atoms with Crippen molar-refractivity contribution in [3.05, 3.63) is 23.4 Å². The Kier molecular flexibility index (Phi) is 4.76. The molecule has 1 unspecified atom stereocenters. The third-order valence-electron chi connectivity index (χ3n) is 4.64. The van der Waals surface area contributed by atoms with Crippen LogP contribution in [0, 0.1) is 6.92 Å². The maximum atomic E-state index is 5.43. The van der Waals surface area contributed by atoms with E-state index in [0.717, 1.165) is 32.1 Å². The zero-order valence-electron chi connectivity index (χ0n) is 13.3. The first-order valence-electron chi connectivity index (χ1n) is 8.33. The predicted molar refractivity (Wildman–Crippen MR) is 85.8 cm³/mol. The number of aromatic nitrogens is 1. The van der Waals surface area contributed by atoms with Gasteiger partial charge in [-0.15, -0.1) is 0 Å². The number of anilines is 1. The van der Waals surface area contributed by atoms with Crippen LogP contribution in [-0.4, -0.2) is 49.3 Å². The molecule has 0 bridgehead atoms. The SMILES string of the molecule is CCCN1CCCC1c1cnc(N2CCOCC2)c(C)c1. The fraction of sp³-hybridized carbons (Fsp3) is 0.706. The minimum atomic E-state index is 0.579. The Labute approximate surface area is 128 Å². The highest BCUT2D eigenvalue weighted by atomic mass is 16.5. The summed E-state index contributed by atoms with van der Waals surface area (Å²) in [7, 11) is 0. The molecule has 2 fully saturated rings. The molecule has 4 heteroatoms. The summed E-state index contributed by atoms with van der Waals surface area (Å²) < 4.78 is 5.43. The van der Waals surface area contributed by atoms with Crippen LogP contribution in [0.4, 0.5) is 5.82 Å². The van der Waals surface area contributed by atoms with E-state index in [1.807, 2.05) is 0 Å². The first kappa shape index (κ1) is 14.8. The van der Waals surface area contributed by atoms with E-state index in [1.165, 1.54) is 43.5 Å². The minimum Gasteiger partial charge on any atom is -0.378 e. The van der Waals surface area contributed by atoms with Gasteiger partial charge in [0.15, 0.2) is 0 Å². The van der Waals surface area contributed by atoms with Gasteiger partial charge in [0, 0.05) is 25.3 Å². The quantitative estimate of drug-likeness (QED) is 0.852. The highest BCUT2D eigenvalue weighted by Gasteiger charge is 2.26. The molecule has 3 rings (SSSR count). The number of hydrogen-bond acceptors (Lipinski definition) is 4. The molecular formula is C17H27N3O. The topological polar surface area (TPSA) is 28.6 Å². The van der Waals surface area contributed by atoms with Crippen LogP contribution in [0.25, 0.3) is 0 Å². The summed E-state index contributed by atoms with van der Waals surface area (Å²) >= 11 is 0. The number of hydrogen-bond donors (Lipinski definition) is 0. The van der Waals surface area contributed by atoms with Gasteiger partial charge in [0.25, 0.3) is 0 Å². The van der Waals surface area contributed by atoms with Crippen LogP contribution in [0.15, 0.2) is 12.3 Å². The third-order valence-corrected chi connectivity index (χ3v) is 4.64. The molecule has 1 atom stereocenters. The van der Waals surface area contributed by atoms with Crippen molar-refractivity contribution in [2.24, 2.45) is 0 Å². The number of aryl methyl sites for hydroxylation is 1. The molecular weight excluding hydrogens is 262 g/mol. The van der Waals surface area contributed by atoms with Gasteiger partial charge >= 0.3 is 0 Å². The molecule has 2 saturated heterocycles. The summed E-state index contributed by atoms with van der Waals surface area (Å²) in [5.74, 6) is 1.14. The molecule has 0 aliphatic carbocycles. The molecule has 4 nitrogen and oxygen atoms in total. The highest BCUT2D eigenvalue weighted by molar-refractivity contribution is 5.48. The van der Waals surface area contributed by atoms with Gasteiger partial charge in [0.2, 0.25) is 0 Å². The van der Waals surface area contributed by atoms with Crippen LogP contribution in [-0.2, 0) is 4.74 Å². The van der Waals surface area contributed by atoms with Crippen LogP contribution in [0.5, 0.6) is 0 Å². The average Bonchev–Trinajstić information content (AvgIpc) is 2.97. The smallest absolute Gasteiger partial charge is 0.131 e. The number of nitrogens with zero attached hydrogens (tertiary/aromatic N) is 3. The number of pyridine rings is 1. The van der Waals surface area contributed by atoms with E-state index < -0.39 is 0 Å². The largest absolute Gasteiger partial charge is 0.378 e. The second-order valence-corrected chi connectivity index (χ2v) is 6.20. The fourth-order valence-corrected chi connectivity index (χ4v) is 3.64. The molecule has 1 aromatic heterocycles. The third kappa shape index (κ3) is 3.22. The van der Waals surface area contributed by atoms with Gasteiger partial charge in [0.05, 0.1) is 13.2 Å². The summed E-state index contributed by atoms with van der Waals surface area (Å²) in [4.78, 5) is 9.75. The Bertz CT molecular complexity index is 471. The monoisotopic (exact) mass is 289 g/mol. The van der Waals surface area contributed by atoms with Gasteiger partial charge in [-0.05, 0) is 56.5 Å². The second kappa shape index (κ2) is 6.75. The normalized spacial score (nSPS) is 23.7. The van der Waals surface area contributed by atoms with Crippen molar-refractivity contribution in [3.63, 3.8) is 0 Å². The van der Waals surface area contributed by atoms with E-state index in [-0.39, 0.29) is 0 Å².